The number of allylic oxidation sites excluding steroid dienone is 3. The monoisotopic (exact) mass is 218 g/mol. The first-order valence-electron chi connectivity index (χ1n) is 4.90. The van der Waals surface area contributed by atoms with Crippen LogP contribution in [0.25, 0.3) is 0 Å². The maximum absolute atomic E-state index is 9.28. The Morgan fingerprint density at radius 3 is 1.47 bits per heavy atom. The van der Waals surface area contributed by atoms with Crippen LogP contribution in [0.15, 0.2) is 30.0 Å². The molecule has 2 aliphatic carbocycles. The molecule has 0 radical (unpaired) electrons. The highest BCUT2D eigenvalue weighted by Gasteiger charge is 2.71. The zero-order valence-electron chi connectivity index (χ0n) is 8.81. The average Bonchev–Trinajstić information content (AvgIpc) is 2.90. The molecule has 1 saturated carbocycles. The van der Waals surface area contributed by atoms with Crippen LogP contribution < -0.4 is 0 Å². The highest BCUT2D eigenvalue weighted by Crippen LogP contribution is 2.65. The summed E-state index contributed by atoms with van der Waals surface area (Å²) >= 11 is 0. The topological polar surface area (TPSA) is 95.2 Å². The molecule has 4 nitrogen and oxygen atoms in total. The van der Waals surface area contributed by atoms with Gasteiger partial charge in [0, 0.05) is 11.8 Å². The average molecular weight is 218 g/mol. The molecule has 2 aliphatic rings. The Hall–Kier alpha value is -2.78. The van der Waals surface area contributed by atoms with Crippen LogP contribution in [0.3, 0.4) is 0 Å². The Labute approximate surface area is 98.6 Å². The van der Waals surface area contributed by atoms with Gasteiger partial charge >= 0.3 is 0 Å². The molecule has 78 valence electrons. The second-order valence-electron chi connectivity index (χ2n) is 4.04. The summed E-state index contributed by atoms with van der Waals surface area (Å²) in [6, 6.07) is 7.48. The lowest BCUT2D eigenvalue weighted by molar-refractivity contribution is 0.276. The Morgan fingerprint density at radius 1 is 0.882 bits per heavy atom. The van der Waals surface area contributed by atoms with Gasteiger partial charge in [-0.1, -0.05) is 18.7 Å². The molecule has 0 aliphatic heterocycles. The molecular formula is C13H6N4. The molecule has 4 heteroatoms. The van der Waals surface area contributed by atoms with Crippen molar-refractivity contribution in [2.75, 3.05) is 0 Å². The van der Waals surface area contributed by atoms with Gasteiger partial charge in [0.1, 0.15) is 0 Å². The maximum atomic E-state index is 9.28. The van der Waals surface area contributed by atoms with Crippen LogP contribution in [-0.2, 0) is 0 Å². The molecule has 0 aromatic rings. The van der Waals surface area contributed by atoms with Crippen molar-refractivity contribution in [3.8, 4) is 24.3 Å². The quantitative estimate of drug-likeness (QED) is 0.455. The van der Waals surface area contributed by atoms with Crippen molar-refractivity contribution < 1.29 is 0 Å². The van der Waals surface area contributed by atoms with Crippen molar-refractivity contribution in [3.63, 3.8) is 0 Å². The third-order valence-electron chi connectivity index (χ3n) is 3.63. The van der Waals surface area contributed by atoms with Gasteiger partial charge in [0.15, 0.2) is 10.8 Å². The lowest BCUT2D eigenvalue weighted by atomic mass is 9.61. The molecule has 0 aromatic heterocycles. The fourth-order valence-electron chi connectivity index (χ4n) is 2.77. The van der Waals surface area contributed by atoms with Gasteiger partial charge in [-0.3, -0.25) is 0 Å². The normalized spacial score (nSPS) is 29.5. The summed E-state index contributed by atoms with van der Waals surface area (Å²) in [5.74, 6) is -1.11. The molecule has 2 atom stereocenters. The summed E-state index contributed by atoms with van der Waals surface area (Å²) in [6.45, 7) is 3.51. The van der Waals surface area contributed by atoms with Gasteiger partial charge in [-0.15, -0.1) is 5.73 Å². The first-order valence-corrected chi connectivity index (χ1v) is 4.90. The van der Waals surface area contributed by atoms with Crippen molar-refractivity contribution >= 4 is 0 Å². The van der Waals surface area contributed by atoms with E-state index in [9.17, 15) is 21.0 Å². The molecule has 17 heavy (non-hydrogen) atoms. The van der Waals surface area contributed by atoms with Crippen molar-refractivity contribution in [1.29, 1.82) is 21.0 Å². The summed E-state index contributed by atoms with van der Waals surface area (Å²) < 4.78 is 0. The van der Waals surface area contributed by atoms with E-state index in [4.69, 9.17) is 0 Å². The van der Waals surface area contributed by atoms with Gasteiger partial charge in [0.25, 0.3) is 0 Å². The number of nitrogens with zero attached hydrogens (tertiary/aromatic N) is 4. The number of hydrogen-bond acceptors (Lipinski definition) is 4. The van der Waals surface area contributed by atoms with E-state index in [2.05, 4.69) is 12.3 Å². The van der Waals surface area contributed by atoms with E-state index in [1.165, 1.54) is 0 Å². The molecule has 0 amide bonds. The van der Waals surface area contributed by atoms with Crippen LogP contribution in [-0.4, -0.2) is 0 Å². The maximum Gasteiger partial charge on any atom is 0.186 e. The zero-order chi connectivity index (χ0) is 12.7. The van der Waals surface area contributed by atoms with E-state index in [1.54, 1.807) is 12.2 Å². The Bertz CT molecular complexity index is 557. The fourth-order valence-corrected chi connectivity index (χ4v) is 2.77. The van der Waals surface area contributed by atoms with Crippen LogP contribution >= 0.6 is 0 Å². The number of nitriles is 4. The highest BCUT2D eigenvalue weighted by molar-refractivity contribution is 5.55. The summed E-state index contributed by atoms with van der Waals surface area (Å²) in [7, 11) is 0. The highest BCUT2D eigenvalue weighted by atomic mass is 14.7. The molecule has 2 bridgehead atoms. The Balaban J connectivity index is 2.89. The first-order chi connectivity index (χ1) is 8.17. The van der Waals surface area contributed by atoms with E-state index in [-0.39, 0.29) is 0 Å². The van der Waals surface area contributed by atoms with Crippen molar-refractivity contribution in [2.45, 2.75) is 0 Å². The minimum atomic E-state index is -1.66. The fraction of sp³-hybridized carbons (Fsp3) is 0.308. The predicted octanol–water partition coefficient (Wildman–Crippen LogP) is 1.58. The van der Waals surface area contributed by atoms with Gasteiger partial charge in [-0.25, -0.2) is 0 Å². The van der Waals surface area contributed by atoms with Crippen LogP contribution in [0.5, 0.6) is 0 Å². The van der Waals surface area contributed by atoms with Crippen molar-refractivity contribution in [1.82, 2.24) is 0 Å². The van der Waals surface area contributed by atoms with E-state index < -0.39 is 22.7 Å². The second-order valence-corrected chi connectivity index (χ2v) is 4.04. The largest absolute Gasteiger partial charge is 0.196 e. The Morgan fingerprint density at radius 2 is 1.24 bits per heavy atom. The second kappa shape index (κ2) is 3.10. The van der Waals surface area contributed by atoms with Crippen LogP contribution in [0, 0.1) is 68.0 Å². The molecule has 0 N–H and O–H groups in total. The Kier molecular flexibility index (Phi) is 1.96. The minimum Gasteiger partial charge on any atom is -0.196 e. The number of rotatable bonds is 0. The third-order valence-corrected chi connectivity index (χ3v) is 3.63. The molecular weight excluding hydrogens is 212 g/mol. The summed E-state index contributed by atoms with van der Waals surface area (Å²) in [5, 5.41) is 37.1. The molecule has 2 unspecified atom stereocenters. The van der Waals surface area contributed by atoms with Gasteiger partial charge in [-0.05, 0) is 5.57 Å². The molecule has 0 aromatic carbocycles. The van der Waals surface area contributed by atoms with E-state index >= 15 is 0 Å². The SMILES string of the molecule is C=C=C1C2C=CC1C(C#N)(C#N)C2(C#N)C#N. The summed E-state index contributed by atoms with van der Waals surface area (Å²) in [5.41, 5.74) is -0.0475. The number of fused-ring (bicyclic) bond motifs is 2. The van der Waals surface area contributed by atoms with Gasteiger partial charge < -0.3 is 0 Å². The van der Waals surface area contributed by atoms with Gasteiger partial charge in [0.05, 0.1) is 24.3 Å². The molecule has 0 spiro atoms. The smallest absolute Gasteiger partial charge is 0.186 e. The van der Waals surface area contributed by atoms with E-state index in [0.29, 0.717) is 5.57 Å². The lowest BCUT2D eigenvalue weighted by Gasteiger charge is -2.30. The van der Waals surface area contributed by atoms with Crippen LogP contribution in [0.4, 0.5) is 0 Å². The predicted molar refractivity (Wildman–Crippen MR) is 56.1 cm³/mol. The molecule has 0 heterocycles. The molecule has 2 rings (SSSR count). The summed E-state index contributed by atoms with van der Waals surface area (Å²) in [6.07, 6.45) is 3.38. The van der Waals surface area contributed by atoms with Crippen molar-refractivity contribution in [3.05, 3.63) is 30.0 Å². The number of hydrogen-bond donors (Lipinski definition) is 0. The molecule has 1 fully saturated rings. The first kappa shape index (κ1) is 10.7. The lowest BCUT2D eigenvalue weighted by Crippen LogP contribution is -2.41. The van der Waals surface area contributed by atoms with E-state index in [0.717, 1.165) is 0 Å². The van der Waals surface area contributed by atoms with Gasteiger partial charge in [0.2, 0.25) is 0 Å². The standard InChI is InChI=1S/C13H6N4/c1-2-9-10-3-4-11(9)13(7-16,8-17)12(10,5-14)6-15/h3-4,10-11H,1H2. The molecule has 0 saturated heterocycles. The summed E-state index contributed by atoms with van der Waals surface area (Å²) in [4.78, 5) is 0. The third kappa shape index (κ3) is 0.814. The minimum absolute atomic E-state index is 0.556. The van der Waals surface area contributed by atoms with Gasteiger partial charge in [-0.2, -0.15) is 21.0 Å². The van der Waals surface area contributed by atoms with Crippen LogP contribution in [0.1, 0.15) is 0 Å². The van der Waals surface area contributed by atoms with Crippen molar-refractivity contribution in [2.24, 2.45) is 22.7 Å². The van der Waals surface area contributed by atoms with Crippen LogP contribution in [0.2, 0.25) is 0 Å². The zero-order valence-corrected chi connectivity index (χ0v) is 8.81. The van der Waals surface area contributed by atoms with E-state index in [1.807, 2.05) is 24.3 Å².